The molecule has 0 spiro atoms. The van der Waals surface area contributed by atoms with Crippen molar-refractivity contribution in [2.75, 3.05) is 19.3 Å². The van der Waals surface area contributed by atoms with Gasteiger partial charge in [-0.15, -0.1) is 0 Å². The van der Waals surface area contributed by atoms with E-state index < -0.39 is 15.9 Å². The van der Waals surface area contributed by atoms with Crippen LogP contribution in [-0.2, 0) is 14.9 Å². The Kier molecular flexibility index (Phi) is 27.0. The van der Waals surface area contributed by atoms with Crippen LogP contribution in [0.25, 0.3) is 0 Å². The van der Waals surface area contributed by atoms with Gasteiger partial charge in [0.2, 0.25) is 5.91 Å². The molecule has 33 heavy (non-hydrogen) atoms. The van der Waals surface area contributed by atoms with Crippen molar-refractivity contribution < 1.29 is 47.3 Å². The van der Waals surface area contributed by atoms with Crippen molar-refractivity contribution >= 4 is 16.0 Å². The van der Waals surface area contributed by atoms with Gasteiger partial charge in [-0.1, -0.05) is 96.1 Å². The Morgan fingerprint density at radius 2 is 1.15 bits per heavy atom. The second kappa shape index (κ2) is 25.2. The number of allylic oxidation sites excluding steroid dienone is 2. The molecule has 0 aliphatic carbocycles. The number of rotatable bonds is 23. The van der Waals surface area contributed by atoms with Gasteiger partial charge in [-0.05, 0) is 38.5 Å². The third-order valence-electron chi connectivity index (χ3n) is 5.97. The van der Waals surface area contributed by atoms with Gasteiger partial charge in [0.25, 0.3) is 0 Å². The van der Waals surface area contributed by atoms with Crippen LogP contribution < -0.4 is 29.6 Å². The number of amides is 1. The fourth-order valence-corrected chi connectivity index (χ4v) is 4.33. The molecule has 0 bridgehead atoms. The monoisotopic (exact) mass is 495 g/mol. The van der Waals surface area contributed by atoms with Crippen LogP contribution in [0.15, 0.2) is 12.2 Å². The summed E-state index contributed by atoms with van der Waals surface area (Å²) in [5, 5.41) is 0. The number of unbranched alkanes of at least 4 members (excludes halogenated alkanes) is 15. The van der Waals surface area contributed by atoms with E-state index in [0.29, 0.717) is 13.0 Å². The number of carbonyl (C=O) groups is 1. The van der Waals surface area contributed by atoms with Gasteiger partial charge in [0.05, 0.1) is 10.1 Å². The van der Waals surface area contributed by atoms with Crippen molar-refractivity contribution in [1.29, 1.82) is 0 Å². The largest absolute Gasteiger partial charge is 1.00 e. The number of carbonyl (C=O) groups excluding carboxylic acids is 1. The average Bonchev–Trinajstić information content (AvgIpc) is 2.74. The summed E-state index contributed by atoms with van der Waals surface area (Å²) in [6.07, 6.45) is 27.1. The fraction of sp³-hybridized carbons (Fsp3) is 0.885. The normalized spacial score (nSPS) is 11.6. The van der Waals surface area contributed by atoms with Crippen molar-refractivity contribution in [3.8, 4) is 0 Å². The molecule has 0 aromatic rings. The number of nitrogens with zero attached hydrogens (tertiary/aromatic N) is 1. The van der Waals surface area contributed by atoms with Crippen LogP contribution in [0.3, 0.4) is 0 Å². The Balaban J connectivity index is 0. The van der Waals surface area contributed by atoms with E-state index in [1.165, 1.54) is 101 Å². The first kappa shape index (κ1) is 35.3. The third-order valence-corrected chi connectivity index (χ3v) is 6.75. The van der Waals surface area contributed by atoms with Crippen molar-refractivity contribution in [2.45, 2.75) is 129 Å². The molecule has 0 aliphatic heterocycles. The van der Waals surface area contributed by atoms with E-state index in [2.05, 4.69) is 19.1 Å². The van der Waals surface area contributed by atoms with E-state index in [1.807, 2.05) is 0 Å². The standard InChI is InChI=1S/C26H51NO4S.Na/c1-3-4-5-6-7-8-9-10-11-12-13-14-15-16-17-18-19-20-21-23-26(28)27(2)24-22-25-32(29,30)31;/h10-11H,3-9,12-25H2,1-2H3,(H,29,30,31);/q;+1/p-1/b11-10+;. The minimum Gasteiger partial charge on any atom is -0.748 e. The molecule has 0 fully saturated rings. The van der Waals surface area contributed by atoms with Crippen LogP contribution >= 0.6 is 0 Å². The van der Waals surface area contributed by atoms with E-state index in [-0.39, 0.29) is 41.9 Å². The summed E-state index contributed by atoms with van der Waals surface area (Å²) in [6, 6.07) is 0. The first-order chi connectivity index (χ1) is 15.4. The zero-order valence-electron chi connectivity index (χ0n) is 22.0. The van der Waals surface area contributed by atoms with Crippen LogP contribution in [0.4, 0.5) is 0 Å². The molecule has 0 aromatic heterocycles. The topological polar surface area (TPSA) is 77.5 Å². The molecule has 190 valence electrons. The van der Waals surface area contributed by atoms with Crippen LogP contribution in [0.1, 0.15) is 129 Å². The average molecular weight is 496 g/mol. The predicted molar refractivity (Wildman–Crippen MR) is 135 cm³/mol. The zero-order chi connectivity index (χ0) is 23.9. The van der Waals surface area contributed by atoms with E-state index in [9.17, 15) is 17.8 Å². The summed E-state index contributed by atoms with van der Waals surface area (Å²) in [5.41, 5.74) is 0. The molecule has 0 atom stereocenters. The van der Waals surface area contributed by atoms with Crippen molar-refractivity contribution in [2.24, 2.45) is 0 Å². The van der Waals surface area contributed by atoms with Crippen LogP contribution in [0.2, 0.25) is 0 Å². The van der Waals surface area contributed by atoms with Gasteiger partial charge in [-0.2, -0.15) is 0 Å². The van der Waals surface area contributed by atoms with E-state index in [0.717, 1.165) is 12.8 Å². The molecule has 0 N–H and O–H groups in total. The zero-order valence-corrected chi connectivity index (χ0v) is 24.8. The maximum atomic E-state index is 12.0. The number of hydrogen-bond acceptors (Lipinski definition) is 4. The van der Waals surface area contributed by atoms with Gasteiger partial charge in [-0.3, -0.25) is 4.79 Å². The van der Waals surface area contributed by atoms with Crippen molar-refractivity contribution in [3.05, 3.63) is 12.2 Å². The van der Waals surface area contributed by atoms with Gasteiger partial charge < -0.3 is 9.45 Å². The second-order valence-corrected chi connectivity index (χ2v) is 10.7. The molecular weight excluding hydrogens is 445 g/mol. The minimum absolute atomic E-state index is 0. The van der Waals surface area contributed by atoms with Gasteiger partial charge >= 0.3 is 29.6 Å². The fourth-order valence-electron chi connectivity index (χ4n) is 3.85. The molecule has 0 saturated carbocycles. The molecule has 0 aromatic carbocycles. The molecule has 0 heterocycles. The smallest absolute Gasteiger partial charge is 0.748 e. The molecule has 0 rings (SSSR count). The van der Waals surface area contributed by atoms with E-state index in [1.54, 1.807) is 7.05 Å². The van der Waals surface area contributed by atoms with Crippen LogP contribution in [0, 0.1) is 0 Å². The SMILES string of the molecule is CCCCCCCC/C=C/CCCCCCCCCCCC(=O)N(C)CCCS(=O)(=O)[O-].[Na+]. The molecule has 0 saturated heterocycles. The van der Waals surface area contributed by atoms with E-state index >= 15 is 0 Å². The van der Waals surface area contributed by atoms with E-state index in [4.69, 9.17) is 0 Å². The molecule has 0 unspecified atom stereocenters. The first-order valence-electron chi connectivity index (χ1n) is 13.2. The summed E-state index contributed by atoms with van der Waals surface area (Å²) in [6.45, 7) is 2.59. The Morgan fingerprint density at radius 3 is 1.61 bits per heavy atom. The third kappa shape index (κ3) is 28.2. The predicted octanol–water partition coefficient (Wildman–Crippen LogP) is 3.98. The van der Waals surface area contributed by atoms with Gasteiger partial charge in [0.1, 0.15) is 0 Å². The van der Waals surface area contributed by atoms with Crippen molar-refractivity contribution in [3.63, 3.8) is 0 Å². The molecule has 1 amide bonds. The number of hydrogen-bond donors (Lipinski definition) is 0. The maximum absolute atomic E-state index is 12.0. The molecule has 5 nitrogen and oxygen atoms in total. The summed E-state index contributed by atoms with van der Waals surface area (Å²) in [5.74, 6) is -0.366. The summed E-state index contributed by atoms with van der Waals surface area (Å²) in [7, 11) is -2.51. The first-order valence-corrected chi connectivity index (χ1v) is 14.8. The molecule has 7 heteroatoms. The maximum Gasteiger partial charge on any atom is 1.00 e. The summed E-state index contributed by atoms with van der Waals surface area (Å²) >= 11 is 0. The Bertz CT molecular complexity index is 567. The van der Waals surface area contributed by atoms with Gasteiger partial charge in [-0.25, -0.2) is 8.42 Å². The Hall–Kier alpha value is 0.120. The van der Waals surface area contributed by atoms with Gasteiger partial charge in [0, 0.05) is 25.8 Å². The minimum atomic E-state index is -4.18. The Labute approximate surface area is 227 Å². The van der Waals surface area contributed by atoms with Crippen molar-refractivity contribution in [1.82, 2.24) is 4.90 Å². The second-order valence-electron chi connectivity index (χ2n) is 9.18. The Morgan fingerprint density at radius 1 is 0.727 bits per heavy atom. The van der Waals surface area contributed by atoms with Crippen LogP contribution in [-0.4, -0.2) is 43.1 Å². The molecular formula is C26H50NNaO4S. The molecule has 0 aliphatic rings. The summed E-state index contributed by atoms with van der Waals surface area (Å²) in [4.78, 5) is 13.5. The quantitative estimate of drug-likeness (QED) is 0.0930. The molecule has 0 radical (unpaired) electrons. The summed E-state index contributed by atoms with van der Waals surface area (Å²) < 4.78 is 31.7. The van der Waals surface area contributed by atoms with Crippen LogP contribution in [0.5, 0.6) is 0 Å². The van der Waals surface area contributed by atoms with Gasteiger partial charge in [0.15, 0.2) is 0 Å².